The topological polar surface area (TPSA) is 50.7 Å². The van der Waals surface area contributed by atoms with Gasteiger partial charge in [0.15, 0.2) is 0 Å². The molecule has 0 aliphatic carbocycles. The van der Waals surface area contributed by atoms with E-state index in [2.05, 4.69) is 92.3 Å². The van der Waals surface area contributed by atoms with Crippen molar-refractivity contribution < 1.29 is 14.6 Å². The Labute approximate surface area is 236 Å². The molecular weight excluding hydrogens is 538 g/mol. The van der Waals surface area contributed by atoms with Crippen LogP contribution in [-0.2, 0) is 13.0 Å². The third-order valence-corrected chi connectivity index (χ3v) is 7.42. The van der Waals surface area contributed by atoms with Crippen molar-refractivity contribution in [3.05, 3.63) is 103 Å². The maximum Gasteiger partial charge on any atom is 0.119 e. The lowest BCUT2D eigenvalue weighted by Gasteiger charge is -2.26. The minimum Gasteiger partial charge on any atom is -0.497 e. The standard InChI is InChI=1S/C22H27NO2.C11H13BrO/c1-14-9-17-7-8-23-22(21(17)12-18(14)13-24)6-5-20-15(2)10-19(25-4)11-16(20)3;1-8-6-10(13-3)7-9(2)11(8)4-5-12/h5-6,9-12,22-24H,7-8,13H2,1-4H3;4-7H,1-3H3/b6-5+;5-4+. The lowest BCUT2D eigenvalue weighted by molar-refractivity contribution is 0.280. The van der Waals surface area contributed by atoms with Crippen LogP contribution < -0.4 is 14.8 Å². The minimum atomic E-state index is 0.0895. The highest BCUT2D eigenvalue weighted by atomic mass is 79.9. The molecule has 2 N–H and O–H groups in total. The molecule has 1 heterocycles. The Hall–Kier alpha value is -2.86. The van der Waals surface area contributed by atoms with E-state index in [-0.39, 0.29) is 12.6 Å². The molecule has 0 amide bonds. The van der Waals surface area contributed by atoms with E-state index in [0.717, 1.165) is 30.0 Å². The minimum absolute atomic E-state index is 0.0895. The van der Waals surface area contributed by atoms with Crippen LogP contribution in [-0.4, -0.2) is 25.9 Å². The summed E-state index contributed by atoms with van der Waals surface area (Å²) in [6.45, 7) is 11.5. The van der Waals surface area contributed by atoms with E-state index in [9.17, 15) is 5.11 Å². The molecule has 1 aliphatic rings. The van der Waals surface area contributed by atoms with Gasteiger partial charge < -0.3 is 19.9 Å². The number of ether oxygens (including phenoxy) is 2. The SMILES string of the molecule is COc1cc(C)c(/C=C/Br)c(C)c1.COc1cc(C)c(/C=C/C2NCCc3cc(C)c(CO)cc32)c(C)c1. The first-order valence-electron chi connectivity index (χ1n) is 12.9. The highest BCUT2D eigenvalue weighted by Gasteiger charge is 2.19. The Morgan fingerprint density at radius 2 is 1.34 bits per heavy atom. The number of aryl methyl sites for hydroxylation is 5. The molecule has 0 saturated heterocycles. The quantitative estimate of drug-likeness (QED) is 0.315. The van der Waals surface area contributed by atoms with Gasteiger partial charge in [0.2, 0.25) is 0 Å². The van der Waals surface area contributed by atoms with E-state index in [1.165, 1.54) is 50.1 Å². The van der Waals surface area contributed by atoms with Gasteiger partial charge in [0.25, 0.3) is 0 Å². The second-order valence-electron chi connectivity index (χ2n) is 9.82. The van der Waals surface area contributed by atoms with Gasteiger partial charge in [-0.1, -0.05) is 40.2 Å². The van der Waals surface area contributed by atoms with Crippen molar-refractivity contribution in [1.82, 2.24) is 5.32 Å². The first-order valence-corrected chi connectivity index (χ1v) is 13.9. The average molecular weight is 579 g/mol. The molecule has 0 spiro atoms. The van der Waals surface area contributed by atoms with Crippen molar-refractivity contribution in [3.8, 4) is 11.5 Å². The molecule has 4 rings (SSSR count). The summed E-state index contributed by atoms with van der Waals surface area (Å²) in [5.74, 6) is 1.82. The highest BCUT2D eigenvalue weighted by Crippen LogP contribution is 2.29. The average Bonchev–Trinajstić information content (AvgIpc) is 2.89. The molecule has 1 unspecified atom stereocenters. The molecule has 4 nitrogen and oxygen atoms in total. The van der Waals surface area contributed by atoms with Crippen LogP contribution in [0, 0.1) is 34.6 Å². The summed E-state index contributed by atoms with van der Waals surface area (Å²) in [5.41, 5.74) is 12.2. The van der Waals surface area contributed by atoms with Gasteiger partial charge in [-0.05, 0) is 132 Å². The van der Waals surface area contributed by atoms with Gasteiger partial charge in [0, 0.05) is 6.54 Å². The van der Waals surface area contributed by atoms with E-state index in [0.29, 0.717) is 0 Å². The summed E-state index contributed by atoms with van der Waals surface area (Å²) in [7, 11) is 3.39. The number of aliphatic hydroxyl groups is 1. The molecule has 1 aliphatic heterocycles. The molecule has 0 bridgehead atoms. The van der Waals surface area contributed by atoms with Gasteiger partial charge in [-0.15, -0.1) is 0 Å². The van der Waals surface area contributed by atoms with Crippen LogP contribution in [0.25, 0.3) is 12.2 Å². The zero-order valence-corrected chi connectivity index (χ0v) is 25.2. The number of aliphatic hydroxyl groups excluding tert-OH is 1. The molecule has 5 heteroatoms. The van der Waals surface area contributed by atoms with Crippen LogP contribution in [0.1, 0.15) is 61.7 Å². The number of rotatable bonds is 6. The maximum atomic E-state index is 9.59. The Morgan fingerprint density at radius 3 is 1.82 bits per heavy atom. The van der Waals surface area contributed by atoms with Crippen molar-refractivity contribution in [2.24, 2.45) is 0 Å². The highest BCUT2D eigenvalue weighted by molar-refractivity contribution is 9.11. The predicted molar refractivity (Wildman–Crippen MR) is 163 cm³/mol. The summed E-state index contributed by atoms with van der Waals surface area (Å²) in [6.07, 6.45) is 7.52. The molecule has 0 aromatic heterocycles. The van der Waals surface area contributed by atoms with Crippen molar-refractivity contribution in [2.75, 3.05) is 20.8 Å². The summed E-state index contributed by atoms with van der Waals surface area (Å²) in [6, 6.07) is 12.8. The molecule has 202 valence electrons. The molecule has 3 aromatic carbocycles. The fraction of sp³-hybridized carbons (Fsp3) is 0.333. The monoisotopic (exact) mass is 577 g/mol. The third-order valence-electron chi connectivity index (χ3n) is 7.15. The Morgan fingerprint density at radius 1 is 0.816 bits per heavy atom. The molecular formula is C33H40BrNO3. The Bertz CT molecular complexity index is 1280. The fourth-order valence-corrected chi connectivity index (χ4v) is 5.30. The summed E-state index contributed by atoms with van der Waals surface area (Å²) < 4.78 is 10.5. The zero-order valence-electron chi connectivity index (χ0n) is 23.6. The van der Waals surface area contributed by atoms with Gasteiger partial charge in [0.1, 0.15) is 11.5 Å². The first kappa shape index (κ1) is 29.7. The van der Waals surface area contributed by atoms with Crippen LogP contribution >= 0.6 is 15.9 Å². The van der Waals surface area contributed by atoms with Gasteiger partial charge in [-0.3, -0.25) is 0 Å². The lowest BCUT2D eigenvalue weighted by atomic mass is 9.89. The number of nitrogens with one attached hydrogen (secondary N) is 1. The van der Waals surface area contributed by atoms with Gasteiger partial charge in [0.05, 0.1) is 26.9 Å². The van der Waals surface area contributed by atoms with E-state index < -0.39 is 0 Å². The fourth-order valence-electron chi connectivity index (χ4n) is 5.04. The van der Waals surface area contributed by atoms with E-state index in [1.54, 1.807) is 14.2 Å². The second kappa shape index (κ2) is 13.8. The summed E-state index contributed by atoms with van der Waals surface area (Å²) in [4.78, 5) is 1.87. The Kier molecular flexibility index (Phi) is 10.8. The van der Waals surface area contributed by atoms with Gasteiger partial charge in [-0.25, -0.2) is 0 Å². The number of hydrogen-bond acceptors (Lipinski definition) is 4. The molecule has 0 fully saturated rings. The Balaban J connectivity index is 0.000000260. The van der Waals surface area contributed by atoms with Crippen molar-refractivity contribution in [2.45, 2.75) is 53.7 Å². The normalized spacial score (nSPS) is 14.8. The van der Waals surface area contributed by atoms with Crippen LogP contribution in [0.15, 0.2) is 47.5 Å². The third kappa shape index (κ3) is 7.16. The number of hydrogen-bond donors (Lipinski definition) is 2. The van der Waals surface area contributed by atoms with Crippen LogP contribution in [0.5, 0.6) is 11.5 Å². The van der Waals surface area contributed by atoms with Crippen molar-refractivity contribution >= 4 is 28.1 Å². The number of benzene rings is 3. The lowest BCUT2D eigenvalue weighted by Crippen LogP contribution is -2.28. The first-order chi connectivity index (χ1) is 18.2. The van der Waals surface area contributed by atoms with Gasteiger partial charge >= 0.3 is 0 Å². The summed E-state index contributed by atoms with van der Waals surface area (Å²) in [5, 5.41) is 13.2. The van der Waals surface area contributed by atoms with Gasteiger partial charge in [-0.2, -0.15) is 0 Å². The number of fused-ring (bicyclic) bond motifs is 1. The van der Waals surface area contributed by atoms with Crippen LogP contribution in [0.3, 0.4) is 0 Å². The maximum absolute atomic E-state index is 9.59. The van der Waals surface area contributed by atoms with Crippen LogP contribution in [0.2, 0.25) is 0 Å². The number of methoxy groups -OCH3 is 2. The van der Waals surface area contributed by atoms with Crippen molar-refractivity contribution in [1.29, 1.82) is 0 Å². The molecule has 38 heavy (non-hydrogen) atoms. The number of halogens is 1. The largest absolute Gasteiger partial charge is 0.497 e. The van der Waals surface area contributed by atoms with E-state index >= 15 is 0 Å². The molecule has 1 atom stereocenters. The molecule has 3 aromatic rings. The smallest absolute Gasteiger partial charge is 0.119 e. The second-order valence-corrected chi connectivity index (χ2v) is 10.3. The van der Waals surface area contributed by atoms with Crippen LogP contribution in [0.4, 0.5) is 0 Å². The van der Waals surface area contributed by atoms with E-state index in [4.69, 9.17) is 9.47 Å². The molecule has 0 radical (unpaired) electrons. The molecule has 0 saturated carbocycles. The zero-order chi connectivity index (χ0) is 27.8. The van der Waals surface area contributed by atoms with Crippen molar-refractivity contribution in [3.63, 3.8) is 0 Å². The van der Waals surface area contributed by atoms with E-state index in [1.807, 2.05) is 23.2 Å². The summed E-state index contributed by atoms with van der Waals surface area (Å²) >= 11 is 3.28. The predicted octanol–water partition coefficient (Wildman–Crippen LogP) is 7.69.